The van der Waals surface area contributed by atoms with Crippen LogP contribution >= 0.6 is 0 Å². The molecule has 1 amide bonds. The normalized spacial score (nSPS) is 24.1. The summed E-state index contributed by atoms with van der Waals surface area (Å²) in [5.41, 5.74) is 1.79. The molecule has 2 aliphatic rings. The van der Waals surface area contributed by atoms with Gasteiger partial charge in [-0.3, -0.25) is 4.79 Å². The highest BCUT2D eigenvalue weighted by Crippen LogP contribution is 2.34. The van der Waals surface area contributed by atoms with E-state index in [1.54, 1.807) is 29.2 Å². The highest BCUT2D eigenvalue weighted by Gasteiger charge is 2.46. The van der Waals surface area contributed by atoms with Crippen LogP contribution in [0.3, 0.4) is 0 Å². The molecule has 1 fully saturated rings. The number of oxime groups is 1. The topological polar surface area (TPSA) is 100 Å². The molecule has 9 heteroatoms. The van der Waals surface area contributed by atoms with E-state index in [0.29, 0.717) is 29.3 Å². The fraction of sp³-hybridized carbons (Fsp3) is 0.393. The number of aliphatic hydroxyl groups is 1. The number of nitrogens with one attached hydrogen (secondary N) is 1. The van der Waals surface area contributed by atoms with E-state index in [0.717, 1.165) is 11.1 Å². The van der Waals surface area contributed by atoms with Crippen LogP contribution in [0.5, 0.6) is 0 Å². The number of hydrogen-bond acceptors (Lipinski definition) is 7. The van der Waals surface area contributed by atoms with Crippen LogP contribution in [-0.2, 0) is 15.4 Å². The Labute approximate surface area is 215 Å². The van der Waals surface area contributed by atoms with E-state index in [1.807, 2.05) is 52.0 Å². The molecule has 0 radical (unpaired) electrons. The predicted octanol–water partition coefficient (Wildman–Crippen LogP) is 4.30. The van der Waals surface area contributed by atoms with Crippen molar-refractivity contribution in [2.45, 2.75) is 57.9 Å². The maximum atomic E-state index is 14.2. The number of aromatic nitrogens is 1. The summed E-state index contributed by atoms with van der Waals surface area (Å²) in [6, 6.07) is 15.3. The average Bonchev–Trinajstić information content (AvgIpc) is 3.58. The molecular formula is C28H31FN4O4. The minimum absolute atomic E-state index is 0.0359. The van der Waals surface area contributed by atoms with Crippen molar-refractivity contribution in [2.24, 2.45) is 11.1 Å². The van der Waals surface area contributed by atoms with Crippen LogP contribution in [0.2, 0.25) is 0 Å². The van der Waals surface area contributed by atoms with Crippen LogP contribution in [0.25, 0.3) is 11.1 Å². The summed E-state index contributed by atoms with van der Waals surface area (Å²) >= 11 is 0. The number of β-amino-alcohol motifs (C(OH)–C–C–N with tert-alkyl or cyclic N) is 1. The molecule has 0 unspecified atom stereocenters. The number of rotatable bonds is 6. The number of carbonyl (C=O) groups excluding carboxylic acids is 1. The van der Waals surface area contributed by atoms with Crippen LogP contribution in [0.4, 0.5) is 4.39 Å². The molecule has 3 heterocycles. The Balaban J connectivity index is 1.35. The highest BCUT2D eigenvalue weighted by molar-refractivity contribution is 5.94. The van der Waals surface area contributed by atoms with Gasteiger partial charge in [-0.05, 0) is 24.5 Å². The van der Waals surface area contributed by atoms with Crippen molar-refractivity contribution in [2.75, 3.05) is 6.54 Å². The first-order chi connectivity index (χ1) is 17.7. The first kappa shape index (κ1) is 25.0. The zero-order valence-electron chi connectivity index (χ0n) is 21.3. The molecule has 0 bridgehead atoms. The minimum Gasteiger partial charge on any atom is -0.391 e. The molecule has 1 aromatic heterocycles. The summed E-state index contributed by atoms with van der Waals surface area (Å²) in [4.78, 5) is 21.2. The van der Waals surface area contributed by atoms with Gasteiger partial charge in [0.05, 0.1) is 17.8 Å². The lowest BCUT2D eigenvalue weighted by Gasteiger charge is -2.30. The Hall–Kier alpha value is -3.72. The lowest BCUT2D eigenvalue weighted by Crippen LogP contribution is -2.50. The molecule has 8 nitrogen and oxygen atoms in total. The monoisotopic (exact) mass is 506 g/mol. The van der Waals surface area contributed by atoms with Crippen LogP contribution in [-0.4, -0.2) is 45.6 Å². The van der Waals surface area contributed by atoms with Crippen LogP contribution in [0, 0.1) is 18.7 Å². The third-order valence-electron chi connectivity index (χ3n) is 7.08. The summed E-state index contributed by atoms with van der Waals surface area (Å²) in [5.74, 6) is -0.0237. The molecule has 0 saturated carbocycles. The fourth-order valence-electron chi connectivity index (χ4n) is 5.12. The van der Waals surface area contributed by atoms with E-state index in [-0.39, 0.29) is 24.2 Å². The van der Waals surface area contributed by atoms with E-state index >= 15 is 0 Å². The molecule has 2 N–H and O–H groups in total. The van der Waals surface area contributed by atoms with Crippen molar-refractivity contribution in [3.8, 4) is 11.1 Å². The second-order valence-electron chi connectivity index (χ2n) is 10.3. The van der Waals surface area contributed by atoms with Gasteiger partial charge in [-0.2, -0.15) is 0 Å². The van der Waals surface area contributed by atoms with Crippen molar-refractivity contribution in [1.29, 1.82) is 0 Å². The number of carbonyl (C=O) groups is 1. The number of nitrogens with zero attached hydrogens (tertiary/aromatic N) is 3. The van der Waals surface area contributed by atoms with E-state index in [1.165, 1.54) is 6.07 Å². The summed E-state index contributed by atoms with van der Waals surface area (Å²) in [5, 5.41) is 22.1. The van der Waals surface area contributed by atoms with Gasteiger partial charge in [-0.1, -0.05) is 66.6 Å². The third kappa shape index (κ3) is 4.71. The van der Waals surface area contributed by atoms with Gasteiger partial charge in [-0.15, -0.1) is 0 Å². The Morgan fingerprint density at radius 1 is 1.22 bits per heavy atom. The lowest BCUT2D eigenvalue weighted by atomic mass is 9.91. The van der Waals surface area contributed by atoms with Crippen molar-refractivity contribution in [3.05, 3.63) is 77.4 Å². The number of hydrogen-bond donors (Lipinski definition) is 2. The molecule has 1 saturated heterocycles. The number of aryl methyl sites for hydroxylation is 1. The van der Waals surface area contributed by atoms with E-state index in [4.69, 9.17) is 9.36 Å². The minimum atomic E-state index is -0.981. The van der Waals surface area contributed by atoms with Gasteiger partial charge in [0.1, 0.15) is 17.5 Å². The molecule has 4 atom stereocenters. The van der Waals surface area contributed by atoms with Gasteiger partial charge in [-0.25, -0.2) is 4.39 Å². The average molecular weight is 507 g/mol. The Kier molecular flexibility index (Phi) is 6.49. The molecule has 2 aliphatic heterocycles. The maximum Gasteiger partial charge on any atom is 0.234 e. The van der Waals surface area contributed by atoms with E-state index < -0.39 is 23.8 Å². The number of halogens is 1. The standard InChI is InChI=1S/C28H31FN4O4/c1-16(2)25(24-13-17(3)31-36-24)27(35)33-15-20(34)14-23(33)26-30-28(4,37-32-26)19-11-9-18(10-12-19)21-7-5-6-8-22(21)29/h5-13,16,20,23,25,34H,14-15H2,1-4H3,(H,30,32)/t20-,23+,25+,28-/m1/s1. The number of aliphatic hydroxyl groups excluding tert-OH is 1. The molecule has 37 heavy (non-hydrogen) atoms. The molecule has 2 aromatic carbocycles. The fourth-order valence-corrected chi connectivity index (χ4v) is 5.12. The largest absolute Gasteiger partial charge is 0.391 e. The van der Waals surface area contributed by atoms with Gasteiger partial charge in [0.25, 0.3) is 0 Å². The zero-order chi connectivity index (χ0) is 26.3. The third-order valence-corrected chi connectivity index (χ3v) is 7.08. The smallest absolute Gasteiger partial charge is 0.234 e. The van der Waals surface area contributed by atoms with Gasteiger partial charge < -0.3 is 24.7 Å². The second-order valence-corrected chi connectivity index (χ2v) is 10.3. The maximum absolute atomic E-state index is 14.2. The van der Waals surface area contributed by atoms with Crippen molar-refractivity contribution < 1.29 is 23.7 Å². The van der Waals surface area contributed by atoms with E-state index in [9.17, 15) is 14.3 Å². The van der Waals surface area contributed by atoms with Crippen molar-refractivity contribution in [3.63, 3.8) is 0 Å². The van der Waals surface area contributed by atoms with Crippen molar-refractivity contribution in [1.82, 2.24) is 15.4 Å². The number of likely N-dealkylation sites (tertiary alicyclic amines) is 1. The summed E-state index contributed by atoms with van der Waals surface area (Å²) < 4.78 is 19.7. The SMILES string of the molecule is Cc1cc([C@@H](C(=O)N2C[C@H](O)C[C@H]2C2=NO[C@](C)(c3ccc(-c4ccccc4F)cc3)N2)C(C)C)on1. The molecule has 0 spiro atoms. The quantitative estimate of drug-likeness (QED) is 0.517. The molecule has 0 aliphatic carbocycles. The molecule has 194 valence electrons. The van der Waals surface area contributed by atoms with Crippen LogP contribution < -0.4 is 5.32 Å². The predicted molar refractivity (Wildman–Crippen MR) is 136 cm³/mol. The summed E-state index contributed by atoms with van der Waals surface area (Å²) in [7, 11) is 0. The number of benzene rings is 2. The Bertz CT molecular complexity index is 1320. The van der Waals surface area contributed by atoms with Gasteiger partial charge >= 0.3 is 0 Å². The number of amides is 1. The van der Waals surface area contributed by atoms with Crippen LogP contribution in [0.15, 0.2) is 64.3 Å². The zero-order valence-corrected chi connectivity index (χ0v) is 21.3. The molecular weight excluding hydrogens is 475 g/mol. The van der Waals surface area contributed by atoms with Crippen molar-refractivity contribution >= 4 is 11.7 Å². The Morgan fingerprint density at radius 2 is 1.95 bits per heavy atom. The highest BCUT2D eigenvalue weighted by atomic mass is 19.1. The summed E-state index contributed by atoms with van der Waals surface area (Å²) in [6.45, 7) is 7.76. The lowest BCUT2D eigenvalue weighted by molar-refractivity contribution is -0.134. The number of amidine groups is 1. The van der Waals surface area contributed by atoms with Gasteiger partial charge in [0.2, 0.25) is 11.6 Å². The van der Waals surface area contributed by atoms with Gasteiger partial charge in [0, 0.05) is 37.1 Å². The molecule has 5 rings (SSSR count). The van der Waals surface area contributed by atoms with Gasteiger partial charge in [0.15, 0.2) is 5.84 Å². The Morgan fingerprint density at radius 3 is 2.59 bits per heavy atom. The van der Waals surface area contributed by atoms with Crippen LogP contribution in [0.1, 0.15) is 50.1 Å². The van der Waals surface area contributed by atoms with E-state index in [2.05, 4.69) is 15.6 Å². The second kappa shape index (κ2) is 9.63. The molecule has 3 aromatic rings. The summed E-state index contributed by atoms with van der Waals surface area (Å²) in [6.07, 6.45) is -0.349. The first-order valence-electron chi connectivity index (χ1n) is 12.5. The first-order valence-corrected chi connectivity index (χ1v) is 12.5.